The number of nitrogens with one attached hydrogen (secondary N) is 1. The van der Waals surface area contributed by atoms with Crippen molar-refractivity contribution < 1.29 is 9.90 Å². The van der Waals surface area contributed by atoms with Gasteiger partial charge in [0.1, 0.15) is 5.82 Å². The summed E-state index contributed by atoms with van der Waals surface area (Å²) in [5, 5.41) is 16.7. The number of aryl methyl sites for hydroxylation is 1. The van der Waals surface area contributed by atoms with Crippen molar-refractivity contribution in [3.8, 4) is 0 Å². The Morgan fingerprint density at radius 3 is 2.96 bits per heavy atom. The Balaban J connectivity index is 1.81. The predicted octanol–water partition coefficient (Wildman–Crippen LogP) is 0.619. The maximum absolute atomic E-state index is 12.3. The number of aromatic nitrogens is 2. The number of carbonyl (C=O) groups is 1. The van der Waals surface area contributed by atoms with Gasteiger partial charge in [0.15, 0.2) is 0 Å². The molecule has 1 aromatic heterocycles. The molecule has 0 saturated carbocycles. The molecule has 1 aliphatic heterocycles. The molecule has 0 aliphatic carbocycles. The van der Waals surface area contributed by atoms with Crippen molar-refractivity contribution in [2.75, 3.05) is 38.0 Å². The van der Waals surface area contributed by atoms with Crippen molar-refractivity contribution in [1.29, 1.82) is 0 Å². The molecule has 1 aromatic rings. The van der Waals surface area contributed by atoms with Gasteiger partial charge in [-0.2, -0.15) is 5.10 Å². The molecule has 0 spiro atoms. The lowest BCUT2D eigenvalue weighted by molar-refractivity contribution is -0.118. The van der Waals surface area contributed by atoms with Crippen molar-refractivity contribution in [3.63, 3.8) is 0 Å². The lowest BCUT2D eigenvalue weighted by Gasteiger charge is -2.40. The molecule has 23 heavy (non-hydrogen) atoms. The monoisotopic (exact) mass is 323 g/mol. The molecule has 0 aromatic carbocycles. The molecular weight excluding hydrogens is 294 g/mol. The van der Waals surface area contributed by atoms with E-state index in [0.717, 1.165) is 38.4 Å². The van der Waals surface area contributed by atoms with Gasteiger partial charge in [-0.05, 0) is 20.3 Å². The van der Waals surface area contributed by atoms with Crippen LogP contribution in [-0.4, -0.2) is 75.5 Å². The van der Waals surface area contributed by atoms with E-state index in [1.165, 1.54) is 0 Å². The second-order valence-corrected chi connectivity index (χ2v) is 6.42. The summed E-state index contributed by atoms with van der Waals surface area (Å²) in [4.78, 5) is 16.7. The van der Waals surface area contributed by atoms with Gasteiger partial charge in [0, 0.05) is 44.8 Å². The van der Waals surface area contributed by atoms with Gasteiger partial charge in [0.2, 0.25) is 5.91 Å². The number of piperazine rings is 1. The highest BCUT2D eigenvalue weighted by Crippen LogP contribution is 2.11. The van der Waals surface area contributed by atoms with Crippen LogP contribution in [0.15, 0.2) is 12.3 Å². The van der Waals surface area contributed by atoms with Crippen molar-refractivity contribution in [1.82, 2.24) is 19.6 Å². The van der Waals surface area contributed by atoms with Gasteiger partial charge in [0.25, 0.3) is 0 Å². The lowest BCUT2D eigenvalue weighted by Crippen LogP contribution is -2.54. The highest BCUT2D eigenvalue weighted by atomic mass is 16.3. The predicted molar refractivity (Wildman–Crippen MR) is 90.3 cm³/mol. The maximum Gasteiger partial charge on any atom is 0.239 e. The number of carbonyl (C=O) groups excluding carboxylic acids is 1. The number of hydrogen-bond donors (Lipinski definition) is 2. The molecule has 130 valence electrons. The van der Waals surface area contributed by atoms with Gasteiger partial charge in [-0.3, -0.25) is 14.6 Å². The highest BCUT2D eigenvalue weighted by molar-refractivity contribution is 5.91. The van der Waals surface area contributed by atoms with E-state index in [0.29, 0.717) is 19.1 Å². The Kier molecular flexibility index (Phi) is 6.56. The first kappa shape index (κ1) is 17.9. The number of anilines is 1. The highest BCUT2D eigenvalue weighted by Gasteiger charge is 2.25. The normalized spacial score (nSPS) is 21.3. The standard InChI is InChI=1S/C16H29N5O2/c1-4-7-21-15(5-6-17-21)18-16(23)12-19-8-9-20(11-14(3)22)13(2)10-19/h5-6,13-14,22H,4,7-12H2,1-3H3,(H,18,23). The Labute approximate surface area is 138 Å². The second kappa shape index (κ2) is 8.42. The van der Waals surface area contributed by atoms with Crippen LogP contribution in [0, 0.1) is 0 Å². The number of aliphatic hydroxyl groups is 1. The van der Waals surface area contributed by atoms with Gasteiger partial charge in [-0.25, -0.2) is 4.68 Å². The third kappa shape index (κ3) is 5.30. The molecule has 2 rings (SSSR count). The minimum atomic E-state index is -0.314. The molecule has 2 heterocycles. The zero-order chi connectivity index (χ0) is 16.8. The fourth-order valence-electron chi connectivity index (χ4n) is 3.04. The van der Waals surface area contributed by atoms with Crippen LogP contribution < -0.4 is 5.32 Å². The topological polar surface area (TPSA) is 73.6 Å². The van der Waals surface area contributed by atoms with E-state index >= 15 is 0 Å². The number of nitrogens with zero attached hydrogens (tertiary/aromatic N) is 4. The van der Waals surface area contributed by atoms with Crippen LogP contribution in [0.4, 0.5) is 5.82 Å². The van der Waals surface area contributed by atoms with E-state index in [4.69, 9.17) is 0 Å². The molecule has 1 saturated heterocycles. The van der Waals surface area contributed by atoms with Gasteiger partial charge in [-0.1, -0.05) is 6.92 Å². The quantitative estimate of drug-likeness (QED) is 0.769. The minimum Gasteiger partial charge on any atom is -0.392 e. The molecule has 7 nitrogen and oxygen atoms in total. The minimum absolute atomic E-state index is 0.000899. The summed E-state index contributed by atoms with van der Waals surface area (Å²) in [5.74, 6) is 0.761. The van der Waals surface area contributed by atoms with Gasteiger partial charge in [-0.15, -0.1) is 0 Å². The van der Waals surface area contributed by atoms with Gasteiger partial charge in [0.05, 0.1) is 18.8 Å². The van der Waals surface area contributed by atoms with E-state index in [9.17, 15) is 9.90 Å². The van der Waals surface area contributed by atoms with Gasteiger partial charge < -0.3 is 10.4 Å². The molecule has 1 aliphatic rings. The first-order valence-electron chi connectivity index (χ1n) is 8.45. The van der Waals surface area contributed by atoms with E-state index in [-0.39, 0.29) is 12.0 Å². The Bertz CT molecular complexity index is 502. The van der Waals surface area contributed by atoms with Crippen LogP contribution >= 0.6 is 0 Å². The summed E-state index contributed by atoms with van der Waals surface area (Å²) in [6, 6.07) is 2.17. The molecule has 1 amide bonds. The number of aliphatic hydroxyl groups excluding tert-OH is 1. The molecule has 0 radical (unpaired) electrons. The van der Waals surface area contributed by atoms with Crippen LogP contribution in [0.2, 0.25) is 0 Å². The van der Waals surface area contributed by atoms with E-state index < -0.39 is 0 Å². The lowest BCUT2D eigenvalue weighted by atomic mass is 10.1. The van der Waals surface area contributed by atoms with Crippen molar-refractivity contribution in [2.45, 2.75) is 45.9 Å². The number of amides is 1. The number of rotatable bonds is 7. The molecule has 2 atom stereocenters. The average Bonchev–Trinajstić information content (AvgIpc) is 2.89. The SMILES string of the molecule is CCCn1nccc1NC(=O)CN1CCN(CC(C)O)C(C)C1. The summed E-state index contributed by atoms with van der Waals surface area (Å²) < 4.78 is 1.82. The van der Waals surface area contributed by atoms with Crippen LogP contribution in [0.1, 0.15) is 27.2 Å². The first-order chi connectivity index (χ1) is 11.0. The Hall–Kier alpha value is -1.44. The molecule has 2 N–H and O–H groups in total. The Morgan fingerprint density at radius 1 is 1.52 bits per heavy atom. The van der Waals surface area contributed by atoms with Crippen molar-refractivity contribution in [3.05, 3.63) is 12.3 Å². The summed E-state index contributed by atoms with van der Waals surface area (Å²) in [5.41, 5.74) is 0. The average molecular weight is 323 g/mol. The van der Waals surface area contributed by atoms with Crippen molar-refractivity contribution in [2.24, 2.45) is 0 Å². The summed E-state index contributed by atoms with van der Waals surface area (Å²) in [6.45, 7) is 10.5. The third-order valence-corrected chi connectivity index (χ3v) is 4.13. The zero-order valence-corrected chi connectivity index (χ0v) is 14.4. The van der Waals surface area contributed by atoms with Crippen LogP contribution in [0.5, 0.6) is 0 Å². The fraction of sp³-hybridized carbons (Fsp3) is 0.750. The third-order valence-electron chi connectivity index (χ3n) is 4.13. The molecular formula is C16H29N5O2. The molecule has 1 fully saturated rings. The van der Waals surface area contributed by atoms with Crippen molar-refractivity contribution >= 4 is 11.7 Å². The van der Waals surface area contributed by atoms with Crippen LogP contribution in [0.25, 0.3) is 0 Å². The van der Waals surface area contributed by atoms with Crippen LogP contribution in [0.3, 0.4) is 0 Å². The summed E-state index contributed by atoms with van der Waals surface area (Å²) >= 11 is 0. The maximum atomic E-state index is 12.3. The largest absolute Gasteiger partial charge is 0.392 e. The molecule has 2 unspecified atom stereocenters. The smallest absolute Gasteiger partial charge is 0.239 e. The second-order valence-electron chi connectivity index (χ2n) is 6.42. The van der Waals surface area contributed by atoms with E-state index in [1.807, 2.05) is 17.7 Å². The van der Waals surface area contributed by atoms with E-state index in [2.05, 4.69) is 34.1 Å². The molecule has 7 heteroatoms. The van der Waals surface area contributed by atoms with Crippen LogP contribution in [-0.2, 0) is 11.3 Å². The number of hydrogen-bond acceptors (Lipinski definition) is 5. The Morgan fingerprint density at radius 2 is 2.30 bits per heavy atom. The zero-order valence-electron chi connectivity index (χ0n) is 14.4. The number of β-amino-alcohol motifs (C(OH)–C–C–N with tert-alkyl or cyclic N) is 1. The van der Waals surface area contributed by atoms with Gasteiger partial charge >= 0.3 is 0 Å². The summed E-state index contributed by atoms with van der Waals surface area (Å²) in [7, 11) is 0. The fourth-order valence-corrected chi connectivity index (χ4v) is 3.04. The molecule has 0 bridgehead atoms. The summed E-state index contributed by atoms with van der Waals surface area (Å²) in [6.07, 6.45) is 2.38. The van der Waals surface area contributed by atoms with E-state index in [1.54, 1.807) is 6.20 Å². The first-order valence-corrected chi connectivity index (χ1v) is 8.45.